The maximum atomic E-state index is 6.72. The first kappa shape index (κ1) is 30.2. The van der Waals surface area contributed by atoms with Crippen molar-refractivity contribution < 1.29 is 9.47 Å². The third kappa shape index (κ3) is 4.56. The zero-order valence-electron chi connectivity index (χ0n) is 28.6. The maximum absolute atomic E-state index is 6.72. The fourth-order valence-corrected chi connectivity index (χ4v) is 9.54. The predicted octanol–water partition coefficient (Wildman–Crippen LogP) is 13.5. The van der Waals surface area contributed by atoms with Crippen LogP contribution in [0.25, 0.3) is 22.3 Å². The number of anilines is 3. The Morgan fingerprint density at radius 1 is 0.396 bits per heavy atom. The fraction of sp³-hybridized carbons (Fsp3) is 0.0204. The molecule has 4 heteroatoms. The summed E-state index contributed by atoms with van der Waals surface area (Å²) < 4.78 is 13.4. The molecule has 0 saturated heterocycles. The highest BCUT2D eigenvalue weighted by molar-refractivity contribution is 7.99. The van der Waals surface area contributed by atoms with Gasteiger partial charge in [0.2, 0.25) is 0 Å². The van der Waals surface area contributed by atoms with Crippen LogP contribution in [0.3, 0.4) is 0 Å². The van der Waals surface area contributed by atoms with E-state index in [2.05, 4.69) is 187 Å². The summed E-state index contributed by atoms with van der Waals surface area (Å²) in [4.78, 5) is 4.86. The van der Waals surface area contributed by atoms with Crippen LogP contribution in [0.4, 0.5) is 17.1 Å². The number of nitrogens with zero attached hydrogens (tertiary/aromatic N) is 1. The van der Waals surface area contributed by atoms with Gasteiger partial charge < -0.3 is 14.4 Å². The van der Waals surface area contributed by atoms with Crippen LogP contribution < -0.4 is 14.4 Å². The van der Waals surface area contributed by atoms with Crippen LogP contribution in [0.1, 0.15) is 22.3 Å². The summed E-state index contributed by atoms with van der Waals surface area (Å²) >= 11 is 1.82. The van der Waals surface area contributed by atoms with E-state index < -0.39 is 5.41 Å². The highest BCUT2D eigenvalue weighted by atomic mass is 32.2. The lowest BCUT2D eigenvalue weighted by atomic mass is 9.67. The van der Waals surface area contributed by atoms with Crippen molar-refractivity contribution in [2.24, 2.45) is 0 Å². The van der Waals surface area contributed by atoms with E-state index in [4.69, 9.17) is 9.47 Å². The molecule has 0 atom stereocenters. The standard InChI is InChI=1S/C49H31NO2S/c1-3-13-34(14-4-1)49(35-15-5-2-6-16-35)39-18-8-7-17-37(39)38-30-45-46(31-40(38)49)51-43-28-25-33(29-44(43)52-45)32-23-26-36(27-24-32)50-41-19-9-11-21-47(41)53-48-22-12-10-20-42(48)50/h1-31H. The number of benzene rings is 8. The summed E-state index contributed by atoms with van der Waals surface area (Å²) in [6, 6.07) is 67.0. The first-order valence-electron chi connectivity index (χ1n) is 17.9. The molecule has 53 heavy (non-hydrogen) atoms. The van der Waals surface area contributed by atoms with Gasteiger partial charge in [0.25, 0.3) is 0 Å². The smallest absolute Gasteiger partial charge is 0.170 e. The van der Waals surface area contributed by atoms with Crippen molar-refractivity contribution in [1.82, 2.24) is 0 Å². The van der Waals surface area contributed by atoms with Gasteiger partial charge in [-0.25, -0.2) is 0 Å². The molecule has 2 aliphatic heterocycles. The molecule has 0 radical (unpaired) electrons. The first-order chi connectivity index (χ1) is 26.3. The molecule has 11 rings (SSSR count). The van der Waals surface area contributed by atoms with E-state index in [1.54, 1.807) is 0 Å². The molecule has 0 unspecified atom stereocenters. The van der Waals surface area contributed by atoms with E-state index in [1.165, 1.54) is 49.0 Å². The van der Waals surface area contributed by atoms with Crippen molar-refractivity contribution in [2.75, 3.05) is 4.90 Å². The lowest BCUT2D eigenvalue weighted by molar-refractivity contribution is 0.359. The summed E-state index contributed by atoms with van der Waals surface area (Å²) in [6.07, 6.45) is 0. The Kier molecular flexibility index (Phi) is 6.70. The molecular weight excluding hydrogens is 667 g/mol. The van der Waals surface area contributed by atoms with Gasteiger partial charge in [-0.2, -0.15) is 0 Å². The Labute approximate surface area is 312 Å². The third-order valence-corrected chi connectivity index (χ3v) is 11.9. The van der Waals surface area contributed by atoms with Crippen molar-refractivity contribution in [3.05, 3.63) is 210 Å². The summed E-state index contributed by atoms with van der Waals surface area (Å²) in [5, 5.41) is 0. The summed E-state index contributed by atoms with van der Waals surface area (Å²) in [7, 11) is 0. The fourth-order valence-electron chi connectivity index (χ4n) is 8.48. The normalized spacial score (nSPS) is 14.0. The van der Waals surface area contributed by atoms with Crippen LogP contribution in [-0.4, -0.2) is 0 Å². The second kappa shape index (κ2) is 11.8. The van der Waals surface area contributed by atoms with E-state index in [9.17, 15) is 0 Å². The summed E-state index contributed by atoms with van der Waals surface area (Å²) in [6.45, 7) is 0. The van der Waals surface area contributed by atoms with Crippen molar-refractivity contribution in [3.63, 3.8) is 0 Å². The van der Waals surface area contributed by atoms with Gasteiger partial charge in [0.1, 0.15) is 0 Å². The average Bonchev–Trinajstić information content (AvgIpc) is 3.51. The van der Waals surface area contributed by atoms with Crippen molar-refractivity contribution >= 4 is 28.8 Å². The molecule has 2 heterocycles. The third-order valence-electron chi connectivity index (χ3n) is 10.8. The topological polar surface area (TPSA) is 21.7 Å². The number of ether oxygens (including phenoxy) is 2. The highest BCUT2D eigenvalue weighted by Crippen LogP contribution is 2.60. The molecule has 0 fully saturated rings. The van der Waals surface area contributed by atoms with Crippen LogP contribution in [0, 0.1) is 0 Å². The van der Waals surface area contributed by atoms with Crippen LogP contribution in [0.15, 0.2) is 198 Å². The van der Waals surface area contributed by atoms with Crippen LogP contribution >= 0.6 is 11.8 Å². The summed E-state index contributed by atoms with van der Waals surface area (Å²) in [5.41, 5.74) is 12.4. The van der Waals surface area contributed by atoms with Crippen LogP contribution in [0.5, 0.6) is 23.0 Å². The Bertz CT molecular complexity index is 2620. The zero-order chi connectivity index (χ0) is 34.9. The van der Waals surface area contributed by atoms with E-state index in [-0.39, 0.29) is 0 Å². The van der Waals surface area contributed by atoms with E-state index in [1.807, 2.05) is 17.8 Å². The largest absolute Gasteiger partial charge is 0.450 e. The van der Waals surface area contributed by atoms with Gasteiger partial charge in [-0.05, 0) is 105 Å². The van der Waals surface area contributed by atoms with Crippen LogP contribution in [0.2, 0.25) is 0 Å². The van der Waals surface area contributed by atoms with Gasteiger partial charge in [-0.1, -0.05) is 139 Å². The van der Waals surface area contributed by atoms with E-state index in [0.29, 0.717) is 11.5 Å². The Balaban J connectivity index is 0.969. The van der Waals surface area contributed by atoms with E-state index >= 15 is 0 Å². The average molecular weight is 698 g/mol. The SMILES string of the molecule is c1ccc(C2(c3ccccc3)c3ccccc3-c3cc4c(cc32)Oc2ccc(-c3ccc(N5c6ccccc6Sc6ccccc65)cc3)cc2O4)cc1. The number of fused-ring (bicyclic) bond motifs is 7. The minimum Gasteiger partial charge on any atom is -0.450 e. The van der Waals surface area contributed by atoms with Crippen molar-refractivity contribution in [2.45, 2.75) is 15.2 Å². The zero-order valence-corrected chi connectivity index (χ0v) is 29.4. The first-order valence-corrected chi connectivity index (χ1v) is 18.7. The van der Waals surface area contributed by atoms with E-state index in [0.717, 1.165) is 33.9 Å². The Morgan fingerprint density at radius 2 is 0.943 bits per heavy atom. The molecule has 0 amide bonds. The molecule has 8 aromatic rings. The minimum absolute atomic E-state index is 0.500. The second-order valence-electron chi connectivity index (χ2n) is 13.7. The van der Waals surface area contributed by atoms with Crippen molar-refractivity contribution in [3.8, 4) is 45.3 Å². The van der Waals surface area contributed by atoms with Gasteiger partial charge in [0.15, 0.2) is 23.0 Å². The molecule has 8 aromatic carbocycles. The quantitative estimate of drug-likeness (QED) is 0.182. The molecular formula is C49H31NO2S. The van der Waals surface area contributed by atoms with Gasteiger partial charge in [-0.3, -0.25) is 0 Å². The second-order valence-corrected chi connectivity index (χ2v) is 14.7. The number of hydrogen-bond acceptors (Lipinski definition) is 4. The number of para-hydroxylation sites is 2. The molecule has 3 aliphatic rings. The van der Waals surface area contributed by atoms with Gasteiger partial charge in [0, 0.05) is 15.5 Å². The molecule has 0 saturated carbocycles. The number of hydrogen-bond donors (Lipinski definition) is 0. The Hall–Kier alpha value is -6.49. The molecule has 0 N–H and O–H groups in total. The summed E-state index contributed by atoms with van der Waals surface area (Å²) in [5.74, 6) is 2.85. The molecule has 0 aromatic heterocycles. The molecule has 0 spiro atoms. The highest BCUT2D eigenvalue weighted by Gasteiger charge is 2.47. The van der Waals surface area contributed by atoms with Crippen LogP contribution in [-0.2, 0) is 5.41 Å². The van der Waals surface area contributed by atoms with Gasteiger partial charge >= 0.3 is 0 Å². The molecule has 250 valence electrons. The molecule has 0 bridgehead atoms. The monoisotopic (exact) mass is 697 g/mol. The Morgan fingerprint density at radius 3 is 1.64 bits per heavy atom. The number of rotatable bonds is 4. The molecule has 1 aliphatic carbocycles. The van der Waals surface area contributed by atoms with Gasteiger partial charge in [-0.15, -0.1) is 0 Å². The van der Waals surface area contributed by atoms with Crippen molar-refractivity contribution in [1.29, 1.82) is 0 Å². The maximum Gasteiger partial charge on any atom is 0.170 e. The van der Waals surface area contributed by atoms with Gasteiger partial charge in [0.05, 0.1) is 16.8 Å². The lowest BCUT2D eigenvalue weighted by Crippen LogP contribution is -2.28. The molecule has 3 nitrogen and oxygen atoms in total. The lowest BCUT2D eigenvalue weighted by Gasteiger charge is -2.34. The predicted molar refractivity (Wildman–Crippen MR) is 215 cm³/mol. The minimum atomic E-state index is -0.500.